The average Bonchev–Trinajstić information content (AvgIpc) is 3.05. The molecule has 1 saturated heterocycles. The van der Waals surface area contributed by atoms with Gasteiger partial charge in [-0.25, -0.2) is 0 Å². The fourth-order valence-corrected chi connectivity index (χ4v) is 3.77. The fourth-order valence-electron chi connectivity index (χ4n) is 3.38. The second kappa shape index (κ2) is 6.93. The van der Waals surface area contributed by atoms with Crippen molar-refractivity contribution in [3.63, 3.8) is 0 Å². The number of piperidine rings is 1. The number of nitrogens with zero attached hydrogens (tertiary/aromatic N) is 2. The molecule has 0 radical (unpaired) electrons. The Morgan fingerprint density at radius 2 is 2.30 bits per heavy atom. The van der Waals surface area contributed by atoms with Crippen LogP contribution in [0.1, 0.15) is 36.2 Å². The number of fused-ring (bicyclic) bond motifs is 1. The Morgan fingerprint density at radius 3 is 3.04 bits per heavy atom. The maximum absolute atomic E-state index is 13.1. The van der Waals surface area contributed by atoms with E-state index in [9.17, 15) is 9.90 Å². The molecular formula is C17H21BrN2O3. The predicted octanol–water partition coefficient (Wildman–Crippen LogP) is 3.56. The summed E-state index contributed by atoms with van der Waals surface area (Å²) < 4.78 is 8.18. The lowest BCUT2D eigenvalue weighted by Gasteiger charge is -2.35. The minimum absolute atomic E-state index is 0.00697. The van der Waals surface area contributed by atoms with E-state index in [1.165, 1.54) is 0 Å². The number of aliphatic hydroxyl groups excluding tert-OH is 1. The highest BCUT2D eigenvalue weighted by atomic mass is 79.9. The summed E-state index contributed by atoms with van der Waals surface area (Å²) in [6, 6.07) is 3.79. The summed E-state index contributed by atoms with van der Waals surface area (Å²) in [4.78, 5) is 15.0. The quantitative estimate of drug-likeness (QED) is 0.806. The molecule has 1 fully saturated rings. The number of aromatic nitrogens is 1. The molecule has 23 heavy (non-hydrogen) atoms. The highest BCUT2D eigenvalue weighted by Gasteiger charge is 2.29. The number of halogens is 1. The number of amides is 1. The van der Waals surface area contributed by atoms with Crippen LogP contribution >= 0.6 is 15.9 Å². The number of allylic oxidation sites excluding steroid dienone is 1. The van der Waals surface area contributed by atoms with Gasteiger partial charge in [0.25, 0.3) is 5.91 Å². The Labute approximate surface area is 143 Å². The standard InChI is InChI=1S/C17H21BrN2O3/c1-2-7-20-13-11-16(18)23-15(13)10-14(20)17(22)19-8-4-3-5-12(19)6-9-21/h2,10-12,21H,1,3-9H2. The van der Waals surface area contributed by atoms with E-state index in [0.29, 0.717) is 28.9 Å². The van der Waals surface area contributed by atoms with Crippen molar-refractivity contribution in [3.05, 3.63) is 35.2 Å². The zero-order valence-electron chi connectivity index (χ0n) is 13.0. The van der Waals surface area contributed by atoms with E-state index in [1.807, 2.05) is 15.5 Å². The number of likely N-dealkylation sites (tertiary alicyclic amines) is 1. The van der Waals surface area contributed by atoms with E-state index in [0.717, 1.165) is 31.3 Å². The normalized spacial score (nSPS) is 18.5. The maximum Gasteiger partial charge on any atom is 0.270 e. The van der Waals surface area contributed by atoms with Gasteiger partial charge < -0.3 is 19.0 Å². The number of furan rings is 1. The van der Waals surface area contributed by atoms with E-state index in [2.05, 4.69) is 22.5 Å². The summed E-state index contributed by atoms with van der Waals surface area (Å²) in [7, 11) is 0. The van der Waals surface area contributed by atoms with Gasteiger partial charge in [-0.15, -0.1) is 6.58 Å². The van der Waals surface area contributed by atoms with Crippen LogP contribution in [0.5, 0.6) is 0 Å². The highest BCUT2D eigenvalue weighted by molar-refractivity contribution is 9.10. The molecule has 5 nitrogen and oxygen atoms in total. The van der Waals surface area contributed by atoms with Gasteiger partial charge in [0.05, 0.1) is 5.52 Å². The van der Waals surface area contributed by atoms with Crippen LogP contribution in [0.25, 0.3) is 11.1 Å². The molecule has 1 amide bonds. The first-order valence-corrected chi connectivity index (χ1v) is 8.76. The number of aliphatic hydroxyl groups is 1. The summed E-state index contributed by atoms with van der Waals surface area (Å²) in [6.45, 7) is 5.19. The smallest absolute Gasteiger partial charge is 0.270 e. The Hall–Kier alpha value is -1.53. The lowest BCUT2D eigenvalue weighted by Crippen LogP contribution is -2.44. The molecule has 3 heterocycles. The van der Waals surface area contributed by atoms with Crippen molar-refractivity contribution in [2.45, 2.75) is 38.3 Å². The van der Waals surface area contributed by atoms with Crippen LogP contribution in [0.2, 0.25) is 0 Å². The lowest BCUT2D eigenvalue weighted by molar-refractivity contribution is 0.0564. The first-order chi connectivity index (χ1) is 11.2. The SMILES string of the molecule is C=CCn1c(C(=O)N2CCCCC2CCO)cc2oc(Br)cc21. The molecule has 2 aromatic rings. The number of hydrogen-bond donors (Lipinski definition) is 1. The van der Waals surface area contributed by atoms with Crippen molar-refractivity contribution < 1.29 is 14.3 Å². The summed E-state index contributed by atoms with van der Waals surface area (Å²) in [5, 5.41) is 9.26. The van der Waals surface area contributed by atoms with Crippen molar-refractivity contribution in [3.8, 4) is 0 Å². The topological polar surface area (TPSA) is 58.6 Å². The van der Waals surface area contributed by atoms with Crippen molar-refractivity contribution in [2.75, 3.05) is 13.2 Å². The Morgan fingerprint density at radius 1 is 1.48 bits per heavy atom. The van der Waals surface area contributed by atoms with Crippen molar-refractivity contribution in [1.29, 1.82) is 0 Å². The van der Waals surface area contributed by atoms with Gasteiger partial charge in [0.1, 0.15) is 5.69 Å². The van der Waals surface area contributed by atoms with E-state index in [1.54, 1.807) is 12.1 Å². The van der Waals surface area contributed by atoms with E-state index in [4.69, 9.17) is 4.42 Å². The molecule has 1 aliphatic heterocycles. The molecule has 1 N–H and O–H groups in total. The molecule has 1 unspecified atom stereocenters. The highest BCUT2D eigenvalue weighted by Crippen LogP contribution is 2.29. The molecule has 124 valence electrons. The number of hydrogen-bond acceptors (Lipinski definition) is 3. The van der Waals surface area contributed by atoms with Gasteiger partial charge in [0.15, 0.2) is 10.3 Å². The van der Waals surface area contributed by atoms with Crippen molar-refractivity contribution >= 4 is 32.9 Å². The van der Waals surface area contributed by atoms with Crippen LogP contribution in [-0.2, 0) is 6.54 Å². The molecule has 2 aromatic heterocycles. The van der Waals surface area contributed by atoms with E-state index < -0.39 is 0 Å². The third kappa shape index (κ3) is 3.10. The fraction of sp³-hybridized carbons (Fsp3) is 0.471. The molecule has 0 bridgehead atoms. The summed E-state index contributed by atoms with van der Waals surface area (Å²) in [6.07, 6.45) is 5.49. The first kappa shape index (κ1) is 16.3. The Kier molecular flexibility index (Phi) is 4.92. The molecule has 0 aliphatic carbocycles. The number of carbonyl (C=O) groups excluding carboxylic acids is 1. The maximum atomic E-state index is 13.1. The third-order valence-corrected chi connectivity index (χ3v) is 4.83. The van der Waals surface area contributed by atoms with Crippen LogP contribution in [0.4, 0.5) is 0 Å². The molecule has 3 rings (SSSR count). The molecule has 6 heteroatoms. The number of carbonyl (C=O) groups is 1. The summed E-state index contributed by atoms with van der Waals surface area (Å²) >= 11 is 3.33. The first-order valence-electron chi connectivity index (χ1n) is 7.97. The lowest BCUT2D eigenvalue weighted by atomic mass is 9.99. The minimum atomic E-state index is 0.00697. The Bertz CT molecular complexity index is 717. The van der Waals surface area contributed by atoms with Gasteiger partial charge >= 0.3 is 0 Å². The van der Waals surface area contributed by atoms with Gasteiger partial charge in [-0.3, -0.25) is 4.79 Å². The average molecular weight is 381 g/mol. The van der Waals surface area contributed by atoms with Crippen LogP contribution in [0.3, 0.4) is 0 Å². The van der Waals surface area contributed by atoms with Crippen LogP contribution in [-0.4, -0.2) is 39.7 Å². The van der Waals surface area contributed by atoms with Gasteiger partial charge in [0, 0.05) is 37.9 Å². The van der Waals surface area contributed by atoms with Crippen LogP contribution in [0.15, 0.2) is 33.9 Å². The molecule has 0 aromatic carbocycles. The van der Waals surface area contributed by atoms with Gasteiger partial charge in [-0.1, -0.05) is 6.08 Å². The summed E-state index contributed by atoms with van der Waals surface area (Å²) in [5.74, 6) is 0.00697. The van der Waals surface area contributed by atoms with E-state index >= 15 is 0 Å². The second-order valence-corrected chi connectivity index (χ2v) is 6.67. The molecular weight excluding hydrogens is 360 g/mol. The van der Waals surface area contributed by atoms with Gasteiger partial charge in [-0.05, 0) is 41.6 Å². The van der Waals surface area contributed by atoms with Crippen LogP contribution in [0, 0.1) is 0 Å². The molecule has 1 atom stereocenters. The summed E-state index contributed by atoms with van der Waals surface area (Å²) in [5.41, 5.74) is 2.20. The molecule has 0 spiro atoms. The largest absolute Gasteiger partial charge is 0.448 e. The molecule has 0 saturated carbocycles. The van der Waals surface area contributed by atoms with Gasteiger partial charge in [0.2, 0.25) is 0 Å². The zero-order chi connectivity index (χ0) is 16.4. The zero-order valence-corrected chi connectivity index (χ0v) is 14.6. The monoisotopic (exact) mass is 380 g/mol. The van der Waals surface area contributed by atoms with Gasteiger partial charge in [-0.2, -0.15) is 0 Å². The van der Waals surface area contributed by atoms with Crippen molar-refractivity contribution in [1.82, 2.24) is 9.47 Å². The predicted molar refractivity (Wildman–Crippen MR) is 92.5 cm³/mol. The minimum Gasteiger partial charge on any atom is -0.448 e. The van der Waals surface area contributed by atoms with Crippen LogP contribution < -0.4 is 0 Å². The van der Waals surface area contributed by atoms with E-state index in [-0.39, 0.29) is 18.6 Å². The molecule has 1 aliphatic rings. The Balaban J connectivity index is 1.97. The number of rotatable bonds is 5. The third-order valence-electron chi connectivity index (χ3n) is 4.44. The van der Waals surface area contributed by atoms with Crippen molar-refractivity contribution in [2.24, 2.45) is 0 Å². The second-order valence-electron chi connectivity index (χ2n) is 5.89.